The number of rotatable bonds is 8. The van der Waals surface area contributed by atoms with E-state index in [-0.39, 0.29) is 12.1 Å². The Balaban J connectivity index is 1.76. The number of nitrogens with zero attached hydrogens (tertiary/aromatic N) is 3. The molecule has 1 aliphatic heterocycles. The van der Waals surface area contributed by atoms with Crippen LogP contribution in [0.3, 0.4) is 0 Å². The van der Waals surface area contributed by atoms with Gasteiger partial charge in [0.25, 0.3) is 5.89 Å². The molecule has 1 aromatic heterocycles. The second-order valence-electron chi connectivity index (χ2n) is 8.61. The van der Waals surface area contributed by atoms with Gasteiger partial charge in [0.15, 0.2) is 0 Å². The number of aromatic nitrogens is 2. The van der Waals surface area contributed by atoms with E-state index in [0.717, 1.165) is 46.6 Å². The lowest BCUT2D eigenvalue weighted by Gasteiger charge is -2.35. The van der Waals surface area contributed by atoms with Crippen molar-refractivity contribution in [2.75, 3.05) is 13.2 Å². The molecule has 4 rings (SSSR count). The first-order valence-electron chi connectivity index (χ1n) is 11.9. The van der Waals surface area contributed by atoms with Gasteiger partial charge in [-0.2, -0.15) is 4.98 Å². The molecule has 1 aliphatic rings. The molecule has 0 saturated heterocycles. The molecule has 178 valence electrons. The lowest BCUT2D eigenvalue weighted by molar-refractivity contribution is 0.204. The number of ether oxygens (including phenoxy) is 1. The second kappa shape index (κ2) is 10.1. The first-order valence-corrected chi connectivity index (χ1v) is 11.9. The van der Waals surface area contributed by atoms with E-state index in [4.69, 9.17) is 14.2 Å². The minimum Gasteiger partial charge on any atom is -0.494 e. The van der Waals surface area contributed by atoms with Gasteiger partial charge < -0.3 is 14.6 Å². The summed E-state index contributed by atoms with van der Waals surface area (Å²) in [5, 5.41) is 7.42. The van der Waals surface area contributed by atoms with E-state index in [1.54, 1.807) is 4.90 Å². The van der Waals surface area contributed by atoms with Crippen molar-refractivity contribution in [3.8, 4) is 17.1 Å². The van der Waals surface area contributed by atoms with Crippen molar-refractivity contribution < 1.29 is 14.1 Å². The van der Waals surface area contributed by atoms with Gasteiger partial charge in [-0.3, -0.25) is 4.90 Å². The van der Waals surface area contributed by atoms with Crippen LogP contribution in [0.1, 0.15) is 62.2 Å². The maximum atomic E-state index is 13.0. The zero-order valence-electron chi connectivity index (χ0n) is 20.5. The molecule has 7 heteroatoms. The molecule has 3 aromatic rings. The van der Waals surface area contributed by atoms with Crippen LogP contribution in [0.15, 0.2) is 52.7 Å². The Kier molecular flexibility index (Phi) is 7.01. The first kappa shape index (κ1) is 23.5. The fourth-order valence-corrected chi connectivity index (χ4v) is 4.16. The van der Waals surface area contributed by atoms with E-state index in [1.165, 1.54) is 5.56 Å². The monoisotopic (exact) mass is 460 g/mol. The van der Waals surface area contributed by atoms with Crippen LogP contribution in [0.2, 0.25) is 0 Å². The van der Waals surface area contributed by atoms with Gasteiger partial charge in [0.2, 0.25) is 5.82 Å². The van der Waals surface area contributed by atoms with Crippen LogP contribution in [0.5, 0.6) is 5.75 Å². The number of unbranched alkanes of at least 4 members (excludes halogenated alkanes) is 1. The van der Waals surface area contributed by atoms with Crippen LogP contribution in [0.4, 0.5) is 4.79 Å². The number of nitrogens with one attached hydrogen (secondary N) is 1. The van der Waals surface area contributed by atoms with E-state index in [9.17, 15) is 4.79 Å². The molecule has 1 atom stereocenters. The first-order chi connectivity index (χ1) is 16.4. The summed E-state index contributed by atoms with van der Waals surface area (Å²) in [6, 6.07) is 13.4. The summed E-state index contributed by atoms with van der Waals surface area (Å²) in [4.78, 5) is 19.5. The molecular formula is C27H32N4O3. The summed E-state index contributed by atoms with van der Waals surface area (Å²) >= 11 is 0. The maximum absolute atomic E-state index is 13.0. The van der Waals surface area contributed by atoms with Crippen molar-refractivity contribution in [2.24, 2.45) is 0 Å². The molecule has 34 heavy (non-hydrogen) atoms. The molecule has 1 unspecified atom stereocenters. The second-order valence-corrected chi connectivity index (χ2v) is 8.61. The summed E-state index contributed by atoms with van der Waals surface area (Å²) in [5.74, 6) is 1.70. The van der Waals surface area contributed by atoms with Gasteiger partial charge in [0, 0.05) is 17.8 Å². The fourth-order valence-electron chi connectivity index (χ4n) is 4.16. The number of hydrogen-bond acceptors (Lipinski definition) is 5. The summed E-state index contributed by atoms with van der Waals surface area (Å²) in [6.07, 6.45) is 1.91. The quantitative estimate of drug-likeness (QED) is 0.443. The molecule has 1 N–H and O–H groups in total. The average Bonchev–Trinajstić information content (AvgIpc) is 3.31. The van der Waals surface area contributed by atoms with Gasteiger partial charge in [-0.1, -0.05) is 36.7 Å². The standard InChI is InChI=1S/C27H32N4O3/c1-6-8-15-31-19(5)23(24(28-27(31)32)21-10-9-17(3)18(4)16-21)26-29-25(30-34-26)20-11-13-22(14-12-20)33-7-2/h9-14,16,24H,6-8,15H2,1-5H3,(H,28,32). The number of benzene rings is 2. The van der Waals surface area contributed by atoms with E-state index in [0.29, 0.717) is 24.9 Å². The highest BCUT2D eigenvalue weighted by Gasteiger charge is 2.35. The van der Waals surface area contributed by atoms with Crippen molar-refractivity contribution in [2.45, 2.75) is 53.5 Å². The van der Waals surface area contributed by atoms with E-state index in [2.05, 4.69) is 43.4 Å². The number of carbonyl (C=O) groups excluding carboxylic acids is 1. The molecular weight excluding hydrogens is 428 g/mol. The van der Waals surface area contributed by atoms with Crippen LogP contribution in [0, 0.1) is 13.8 Å². The Bertz CT molecular complexity index is 1200. The minimum absolute atomic E-state index is 0.107. The van der Waals surface area contributed by atoms with Crippen molar-refractivity contribution in [1.82, 2.24) is 20.4 Å². The van der Waals surface area contributed by atoms with Crippen molar-refractivity contribution in [3.05, 3.63) is 70.7 Å². The minimum atomic E-state index is -0.377. The summed E-state index contributed by atoms with van der Waals surface area (Å²) in [6.45, 7) is 11.4. The Hall–Kier alpha value is -3.61. The summed E-state index contributed by atoms with van der Waals surface area (Å²) in [5.41, 5.74) is 5.85. The van der Waals surface area contributed by atoms with Gasteiger partial charge in [-0.25, -0.2) is 4.79 Å². The fraction of sp³-hybridized carbons (Fsp3) is 0.370. The molecule has 2 amide bonds. The molecule has 0 spiro atoms. The number of amides is 2. The summed E-state index contributed by atoms with van der Waals surface area (Å²) in [7, 11) is 0. The highest BCUT2D eigenvalue weighted by molar-refractivity contribution is 5.87. The topological polar surface area (TPSA) is 80.5 Å². The number of urea groups is 1. The van der Waals surface area contributed by atoms with E-state index >= 15 is 0 Å². The molecule has 2 aromatic carbocycles. The van der Waals surface area contributed by atoms with Gasteiger partial charge in [-0.05, 0) is 75.1 Å². The van der Waals surface area contributed by atoms with Crippen LogP contribution in [0.25, 0.3) is 17.0 Å². The Morgan fingerprint density at radius 1 is 1.06 bits per heavy atom. The largest absolute Gasteiger partial charge is 0.494 e. The van der Waals surface area contributed by atoms with Crippen LogP contribution < -0.4 is 10.1 Å². The maximum Gasteiger partial charge on any atom is 0.322 e. The number of allylic oxidation sites excluding steroid dienone is 1. The van der Waals surface area contributed by atoms with Crippen LogP contribution >= 0.6 is 0 Å². The van der Waals surface area contributed by atoms with Crippen molar-refractivity contribution >= 4 is 11.6 Å². The van der Waals surface area contributed by atoms with Gasteiger partial charge in [0.05, 0.1) is 18.2 Å². The Morgan fingerprint density at radius 3 is 2.50 bits per heavy atom. The van der Waals surface area contributed by atoms with Gasteiger partial charge >= 0.3 is 6.03 Å². The molecule has 0 aliphatic carbocycles. The SMILES string of the molecule is CCCCN1C(=O)NC(c2ccc(C)c(C)c2)C(c2nc(-c3ccc(OCC)cc3)no2)=C1C. The third kappa shape index (κ3) is 4.69. The lowest BCUT2D eigenvalue weighted by atomic mass is 9.92. The molecule has 7 nitrogen and oxygen atoms in total. The third-order valence-corrected chi connectivity index (χ3v) is 6.28. The lowest BCUT2D eigenvalue weighted by Crippen LogP contribution is -2.46. The van der Waals surface area contributed by atoms with E-state index in [1.807, 2.05) is 44.2 Å². The normalized spacial score (nSPS) is 16.1. The average molecular weight is 461 g/mol. The molecule has 2 heterocycles. The number of aryl methyl sites for hydroxylation is 2. The predicted molar refractivity (Wildman–Crippen MR) is 132 cm³/mol. The van der Waals surface area contributed by atoms with Crippen molar-refractivity contribution in [3.63, 3.8) is 0 Å². The zero-order valence-corrected chi connectivity index (χ0v) is 20.5. The van der Waals surface area contributed by atoms with Crippen LogP contribution in [-0.2, 0) is 0 Å². The van der Waals surface area contributed by atoms with Gasteiger partial charge in [0.1, 0.15) is 5.75 Å². The van der Waals surface area contributed by atoms with Crippen molar-refractivity contribution in [1.29, 1.82) is 0 Å². The third-order valence-electron chi connectivity index (χ3n) is 6.28. The van der Waals surface area contributed by atoms with Gasteiger partial charge in [-0.15, -0.1) is 0 Å². The van der Waals surface area contributed by atoms with E-state index < -0.39 is 0 Å². The summed E-state index contributed by atoms with van der Waals surface area (Å²) < 4.78 is 11.3. The smallest absolute Gasteiger partial charge is 0.322 e. The molecule has 0 bridgehead atoms. The van der Waals surface area contributed by atoms with Crippen LogP contribution in [-0.4, -0.2) is 34.2 Å². The predicted octanol–water partition coefficient (Wildman–Crippen LogP) is 6.05. The number of carbonyl (C=O) groups is 1. The Morgan fingerprint density at radius 2 is 1.82 bits per heavy atom. The highest BCUT2D eigenvalue weighted by atomic mass is 16.5. The zero-order chi connectivity index (χ0) is 24.2. The Labute approximate surface area is 200 Å². The molecule has 0 saturated carbocycles. The molecule has 0 fully saturated rings. The molecule has 0 radical (unpaired) electrons. The highest BCUT2D eigenvalue weighted by Crippen LogP contribution is 2.38. The number of hydrogen-bond donors (Lipinski definition) is 1.